The topological polar surface area (TPSA) is 105 Å². The Bertz CT molecular complexity index is 1270. The number of likely N-dealkylation sites (N-methyl/N-ethyl adjacent to an activating group) is 1. The van der Waals surface area contributed by atoms with Crippen molar-refractivity contribution in [1.82, 2.24) is 10.2 Å². The molecule has 0 aromatic heterocycles. The Kier molecular flexibility index (Phi) is 5.18. The lowest BCUT2D eigenvalue weighted by Crippen LogP contribution is -2.37. The van der Waals surface area contributed by atoms with E-state index in [1.165, 1.54) is 0 Å². The van der Waals surface area contributed by atoms with Gasteiger partial charge >= 0.3 is 12.1 Å². The number of carbonyl (C=O) groups is 2. The van der Waals surface area contributed by atoms with E-state index in [-0.39, 0.29) is 26.2 Å². The van der Waals surface area contributed by atoms with E-state index in [2.05, 4.69) is 10.2 Å². The highest BCUT2D eigenvalue weighted by Crippen LogP contribution is 2.52. The molecular formula is C26H28N2O8. The van der Waals surface area contributed by atoms with E-state index in [1.54, 1.807) is 0 Å². The van der Waals surface area contributed by atoms with Crippen molar-refractivity contribution in [2.24, 2.45) is 0 Å². The Morgan fingerprint density at radius 1 is 1.08 bits per heavy atom. The quantitative estimate of drug-likeness (QED) is 0.638. The highest BCUT2D eigenvalue weighted by Gasteiger charge is 2.45. The molecule has 36 heavy (non-hydrogen) atoms. The summed E-state index contributed by atoms with van der Waals surface area (Å²) in [4.78, 5) is 27.5. The summed E-state index contributed by atoms with van der Waals surface area (Å²) in [5.74, 6) is 1.78. The van der Waals surface area contributed by atoms with Gasteiger partial charge in [-0.15, -0.1) is 0 Å². The Hall–Kier alpha value is -3.66. The largest absolute Gasteiger partial charge is 0.454 e. The van der Waals surface area contributed by atoms with Crippen molar-refractivity contribution < 1.29 is 38.0 Å². The number of hydrogen-bond donors (Lipinski definition) is 1. The van der Waals surface area contributed by atoms with E-state index in [9.17, 15) is 9.59 Å². The Balaban J connectivity index is 1.39. The summed E-state index contributed by atoms with van der Waals surface area (Å²) in [6, 6.07) is 5.39. The van der Waals surface area contributed by atoms with Crippen LogP contribution in [0.15, 0.2) is 18.2 Å². The third kappa shape index (κ3) is 3.67. The van der Waals surface area contributed by atoms with Gasteiger partial charge in [-0.2, -0.15) is 0 Å². The molecule has 0 spiro atoms. The molecule has 4 heterocycles. The van der Waals surface area contributed by atoms with Crippen LogP contribution in [-0.4, -0.2) is 49.7 Å². The zero-order chi connectivity index (χ0) is 25.2. The summed E-state index contributed by atoms with van der Waals surface area (Å²) in [7, 11) is 2.01. The van der Waals surface area contributed by atoms with E-state index >= 15 is 0 Å². The summed E-state index contributed by atoms with van der Waals surface area (Å²) < 4.78 is 34.0. The predicted octanol–water partition coefficient (Wildman–Crippen LogP) is 3.61. The normalized spacial score (nSPS) is 21.6. The number of carbonyl (C=O) groups excluding carboxylic acids is 2. The number of esters is 1. The maximum atomic E-state index is 13.0. The van der Waals surface area contributed by atoms with Crippen LogP contribution in [-0.2, 0) is 22.4 Å². The molecule has 0 bridgehead atoms. The molecule has 0 radical (unpaired) electrons. The number of ether oxygens (including phenoxy) is 6. The molecule has 1 N–H and O–H groups in total. The van der Waals surface area contributed by atoms with Crippen molar-refractivity contribution in [3.05, 3.63) is 46.0 Å². The average molecular weight is 497 g/mol. The van der Waals surface area contributed by atoms with Gasteiger partial charge in [-0.25, -0.2) is 9.59 Å². The first kappa shape index (κ1) is 22.8. The number of benzene rings is 2. The monoisotopic (exact) mass is 496 g/mol. The molecule has 4 aliphatic rings. The van der Waals surface area contributed by atoms with Crippen LogP contribution >= 0.6 is 0 Å². The minimum atomic E-state index is -0.607. The molecule has 10 heteroatoms. The number of nitrogens with one attached hydrogen (secondary N) is 1. The molecule has 10 nitrogen and oxygen atoms in total. The third-order valence-corrected chi connectivity index (χ3v) is 6.83. The molecule has 0 fully saturated rings. The van der Waals surface area contributed by atoms with Crippen LogP contribution in [0, 0.1) is 0 Å². The zero-order valence-electron chi connectivity index (χ0n) is 20.6. The van der Waals surface area contributed by atoms with Gasteiger partial charge in [0.15, 0.2) is 23.0 Å². The van der Waals surface area contributed by atoms with Crippen LogP contribution in [0.25, 0.3) is 0 Å². The maximum absolute atomic E-state index is 13.0. The molecule has 1 amide bonds. The lowest BCUT2D eigenvalue weighted by Gasteiger charge is -2.38. The molecule has 0 aliphatic carbocycles. The van der Waals surface area contributed by atoms with Gasteiger partial charge in [0.25, 0.3) is 0 Å². The van der Waals surface area contributed by atoms with Gasteiger partial charge in [-0.1, -0.05) is 6.07 Å². The fourth-order valence-corrected chi connectivity index (χ4v) is 5.36. The zero-order valence-corrected chi connectivity index (χ0v) is 20.6. The summed E-state index contributed by atoms with van der Waals surface area (Å²) in [6.07, 6.45) is -0.316. The van der Waals surface area contributed by atoms with Gasteiger partial charge < -0.3 is 33.7 Å². The van der Waals surface area contributed by atoms with Gasteiger partial charge in [0.2, 0.25) is 13.6 Å². The highest BCUT2D eigenvalue weighted by molar-refractivity contribution is 5.98. The molecule has 190 valence electrons. The average Bonchev–Trinajstić information content (AvgIpc) is 3.54. The maximum Gasteiger partial charge on any atom is 0.407 e. The van der Waals surface area contributed by atoms with Crippen LogP contribution in [0.2, 0.25) is 0 Å². The molecule has 6 rings (SSSR count). The van der Waals surface area contributed by atoms with Crippen molar-refractivity contribution in [2.75, 3.05) is 27.2 Å². The SMILES string of the molecule is CN1CCc2c(cc3c(c2CNC(=O)OC(C)(C)C)OCO3)[C@H]1[C@@H]1OC(=O)c2c1ccc1c2OCO1. The second-order valence-corrected chi connectivity index (χ2v) is 10.3. The van der Waals surface area contributed by atoms with Gasteiger partial charge in [-0.3, -0.25) is 4.90 Å². The number of cyclic esters (lactones) is 1. The minimum absolute atomic E-state index is 0.0768. The number of alkyl carbamates (subject to hydrolysis) is 1. The minimum Gasteiger partial charge on any atom is -0.454 e. The van der Waals surface area contributed by atoms with Crippen LogP contribution in [0.3, 0.4) is 0 Å². The first-order chi connectivity index (χ1) is 17.2. The van der Waals surface area contributed by atoms with Gasteiger partial charge in [0, 0.05) is 17.7 Å². The first-order valence-corrected chi connectivity index (χ1v) is 12.0. The summed E-state index contributed by atoms with van der Waals surface area (Å²) in [5, 5.41) is 2.86. The van der Waals surface area contributed by atoms with E-state index < -0.39 is 23.8 Å². The standard InChI is InChI=1S/C26H28N2O8/c1-26(2,3)36-25(30)27-10-16-13-7-8-28(4)20(15(13)9-18-21(16)33-12-32-18)22-14-5-6-17-23(34-11-31-17)19(14)24(29)35-22/h5-6,9,20,22H,7-8,10-12H2,1-4H3,(H,27,30)/t20-,22+/m0/s1. The van der Waals surface area contributed by atoms with Gasteiger partial charge in [-0.05, 0) is 57.5 Å². The Morgan fingerprint density at radius 2 is 1.83 bits per heavy atom. The van der Waals surface area contributed by atoms with Gasteiger partial charge in [0.05, 0.1) is 12.6 Å². The van der Waals surface area contributed by atoms with Crippen molar-refractivity contribution in [3.63, 3.8) is 0 Å². The lowest BCUT2D eigenvalue weighted by molar-refractivity contribution is 0.00921. The fourth-order valence-electron chi connectivity index (χ4n) is 5.36. The molecule has 0 saturated carbocycles. The lowest BCUT2D eigenvalue weighted by atomic mass is 9.83. The summed E-state index contributed by atoms with van der Waals surface area (Å²) >= 11 is 0. The van der Waals surface area contributed by atoms with Crippen molar-refractivity contribution in [3.8, 4) is 23.0 Å². The Labute approximate surface area is 208 Å². The van der Waals surface area contributed by atoms with Crippen LogP contribution < -0.4 is 24.3 Å². The molecule has 0 unspecified atom stereocenters. The van der Waals surface area contributed by atoms with E-state index in [1.807, 2.05) is 46.0 Å². The van der Waals surface area contributed by atoms with Crippen molar-refractivity contribution >= 4 is 12.1 Å². The van der Waals surface area contributed by atoms with E-state index in [4.69, 9.17) is 28.4 Å². The van der Waals surface area contributed by atoms with Crippen LogP contribution in [0.1, 0.15) is 65.5 Å². The van der Waals surface area contributed by atoms with Crippen molar-refractivity contribution in [1.29, 1.82) is 0 Å². The molecule has 2 aromatic carbocycles. The molecule has 4 aliphatic heterocycles. The van der Waals surface area contributed by atoms with E-state index in [0.29, 0.717) is 28.6 Å². The van der Waals surface area contributed by atoms with Crippen LogP contribution in [0.5, 0.6) is 23.0 Å². The second kappa shape index (κ2) is 8.19. The second-order valence-electron chi connectivity index (χ2n) is 10.3. The third-order valence-electron chi connectivity index (χ3n) is 6.83. The first-order valence-electron chi connectivity index (χ1n) is 12.0. The van der Waals surface area contributed by atoms with Crippen LogP contribution in [0.4, 0.5) is 4.79 Å². The van der Waals surface area contributed by atoms with Crippen molar-refractivity contribution in [2.45, 2.75) is 51.5 Å². The molecule has 2 aromatic rings. The van der Waals surface area contributed by atoms with Gasteiger partial charge in [0.1, 0.15) is 17.3 Å². The fraction of sp³-hybridized carbons (Fsp3) is 0.462. The van der Waals surface area contributed by atoms with E-state index in [0.717, 1.165) is 35.2 Å². The predicted molar refractivity (Wildman–Crippen MR) is 125 cm³/mol. The number of rotatable bonds is 3. The molecule has 2 atom stereocenters. The highest BCUT2D eigenvalue weighted by atomic mass is 16.7. The molecule has 0 saturated heterocycles. The number of amides is 1. The summed E-state index contributed by atoms with van der Waals surface area (Å²) in [6.45, 7) is 6.58. The number of nitrogens with zero attached hydrogens (tertiary/aromatic N) is 1. The Morgan fingerprint density at radius 3 is 2.61 bits per heavy atom. The summed E-state index contributed by atoms with van der Waals surface area (Å²) in [5.41, 5.74) is 3.44. The molecular weight excluding hydrogens is 468 g/mol. The smallest absolute Gasteiger partial charge is 0.407 e. The number of hydrogen-bond acceptors (Lipinski definition) is 9. The number of fused-ring (bicyclic) bond motifs is 5.